The van der Waals surface area contributed by atoms with Gasteiger partial charge in [0.2, 0.25) is 5.91 Å². The van der Waals surface area contributed by atoms with Gasteiger partial charge < -0.3 is 10.2 Å². The number of fused-ring (bicyclic) bond motifs is 1. The van der Waals surface area contributed by atoms with E-state index in [4.69, 9.17) is 0 Å². The van der Waals surface area contributed by atoms with Gasteiger partial charge in [-0.1, -0.05) is 18.9 Å². The molecule has 26 heavy (non-hydrogen) atoms. The van der Waals surface area contributed by atoms with Crippen LogP contribution in [0.2, 0.25) is 0 Å². The van der Waals surface area contributed by atoms with Gasteiger partial charge in [-0.25, -0.2) is 4.98 Å². The molecule has 0 saturated carbocycles. The molecule has 3 heterocycles. The highest BCUT2D eigenvalue weighted by Crippen LogP contribution is 2.15. The van der Waals surface area contributed by atoms with Gasteiger partial charge >= 0.3 is 0 Å². The van der Waals surface area contributed by atoms with E-state index >= 15 is 0 Å². The van der Waals surface area contributed by atoms with E-state index in [0.717, 1.165) is 42.8 Å². The van der Waals surface area contributed by atoms with Crippen molar-refractivity contribution in [2.24, 2.45) is 0 Å². The zero-order chi connectivity index (χ0) is 18.5. The maximum atomic E-state index is 12.6. The van der Waals surface area contributed by atoms with Crippen molar-refractivity contribution in [1.29, 1.82) is 0 Å². The average Bonchev–Trinajstić information content (AvgIpc) is 2.80. The predicted octanol–water partition coefficient (Wildman–Crippen LogP) is 2.86. The van der Waals surface area contributed by atoms with E-state index in [1.165, 1.54) is 12.8 Å². The number of carbonyl (C=O) groups is 2. The summed E-state index contributed by atoms with van der Waals surface area (Å²) in [6, 6.07) is 3.90. The highest BCUT2D eigenvalue weighted by atomic mass is 16.2. The van der Waals surface area contributed by atoms with Gasteiger partial charge in [0.05, 0.1) is 5.69 Å². The molecule has 1 aliphatic heterocycles. The molecule has 1 fully saturated rings. The standard InChI is InChI=1S/C20H28N4O2/c1-15-9-8-14-24-18(16(2)22-19(15)24)20(26)21-11-7-10-17(25)23-12-5-3-4-6-13-23/h8-9,14H,3-7,10-13H2,1-2H3,(H,21,26). The fourth-order valence-electron chi connectivity index (χ4n) is 3.59. The Morgan fingerprint density at radius 2 is 1.88 bits per heavy atom. The lowest BCUT2D eigenvalue weighted by Gasteiger charge is -2.20. The van der Waals surface area contributed by atoms with E-state index in [1.54, 1.807) is 0 Å². The van der Waals surface area contributed by atoms with Crippen molar-refractivity contribution >= 4 is 17.5 Å². The number of likely N-dealkylation sites (tertiary alicyclic amines) is 1. The third kappa shape index (κ3) is 4.06. The first-order valence-corrected chi connectivity index (χ1v) is 9.58. The van der Waals surface area contributed by atoms with E-state index in [9.17, 15) is 9.59 Å². The Kier molecular flexibility index (Phi) is 5.91. The maximum absolute atomic E-state index is 12.6. The van der Waals surface area contributed by atoms with Crippen molar-refractivity contribution in [2.45, 2.75) is 52.4 Å². The van der Waals surface area contributed by atoms with Gasteiger partial charge in [-0.05, 0) is 44.7 Å². The van der Waals surface area contributed by atoms with E-state index in [-0.39, 0.29) is 11.8 Å². The van der Waals surface area contributed by atoms with Crippen LogP contribution in [0.4, 0.5) is 0 Å². The number of carbonyl (C=O) groups excluding carboxylic acids is 2. The van der Waals surface area contributed by atoms with Crippen LogP contribution in [0, 0.1) is 13.8 Å². The molecular formula is C20H28N4O2. The van der Waals surface area contributed by atoms with Gasteiger partial charge in [-0.15, -0.1) is 0 Å². The molecule has 0 bridgehead atoms. The number of aromatic nitrogens is 2. The number of amides is 2. The first-order valence-electron chi connectivity index (χ1n) is 9.58. The first-order chi connectivity index (χ1) is 12.6. The monoisotopic (exact) mass is 356 g/mol. The van der Waals surface area contributed by atoms with Gasteiger partial charge in [0.25, 0.3) is 5.91 Å². The zero-order valence-electron chi connectivity index (χ0n) is 15.8. The van der Waals surface area contributed by atoms with Gasteiger partial charge in [0, 0.05) is 32.3 Å². The summed E-state index contributed by atoms with van der Waals surface area (Å²) in [5, 5.41) is 2.94. The average molecular weight is 356 g/mol. The minimum atomic E-state index is -0.136. The second kappa shape index (κ2) is 8.34. The third-order valence-electron chi connectivity index (χ3n) is 5.05. The van der Waals surface area contributed by atoms with Gasteiger partial charge in [0.1, 0.15) is 11.3 Å². The number of aryl methyl sites for hydroxylation is 2. The smallest absolute Gasteiger partial charge is 0.270 e. The van der Waals surface area contributed by atoms with Crippen LogP contribution in [-0.2, 0) is 4.79 Å². The molecular weight excluding hydrogens is 328 g/mol. The molecule has 2 amide bonds. The van der Waals surface area contributed by atoms with Crippen LogP contribution < -0.4 is 5.32 Å². The van der Waals surface area contributed by atoms with Crippen molar-refractivity contribution in [3.05, 3.63) is 35.3 Å². The fraction of sp³-hybridized carbons (Fsp3) is 0.550. The molecule has 140 valence electrons. The Hall–Kier alpha value is -2.37. The van der Waals surface area contributed by atoms with Crippen LogP contribution in [0.25, 0.3) is 5.65 Å². The van der Waals surface area contributed by atoms with Crippen LogP contribution in [0.3, 0.4) is 0 Å². The van der Waals surface area contributed by atoms with Crippen LogP contribution in [0.1, 0.15) is 60.3 Å². The van der Waals surface area contributed by atoms with Crippen molar-refractivity contribution in [1.82, 2.24) is 19.6 Å². The molecule has 0 spiro atoms. The molecule has 1 N–H and O–H groups in total. The molecule has 2 aromatic heterocycles. The number of hydrogen-bond acceptors (Lipinski definition) is 3. The Morgan fingerprint density at radius 3 is 2.62 bits per heavy atom. The number of nitrogens with zero attached hydrogens (tertiary/aromatic N) is 3. The highest BCUT2D eigenvalue weighted by molar-refractivity contribution is 5.94. The van der Waals surface area contributed by atoms with Crippen molar-refractivity contribution in [3.8, 4) is 0 Å². The Balaban J connectivity index is 1.52. The summed E-state index contributed by atoms with van der Waals surface area (Å²) in [5.74, 6) is 0.0746. The summed E-state index contributed by atoms with van der Waals surface area (Å²) >= 11 is 0. The molecule has 1 aliphatic rings. The summed E-state index contributed by atoms with van der Waals surface area (Å²) in [6.45, 7) is 6.09. The van der Waals surface area contributed by atoms with Crippen LogP contribution in [0.15, 0.2) is 18.3 Å². The largest absolute Gasteiger partial charge is 0.351 e. The molecule has 6 heteroatoms. The maximum Gasteiger partial charge on any atom is 0.270 e. The summed E-state index contributed by atoms with van der Waals surface area (Å²) in [6.07, 6.45) is 7.67. The van der Waals surface area contributed by atoms with Crippen molar-refractivity contribution < 1.29 is 9.59 Å². The number of rotatable bonds is 5. The normalized spacial score (nSPS) is 15.1. The number of imidazole rings is 1. The molecule has 0 radical (unpaired) electrons. The summed E-state index contributed by atoms with van der Waals surface area (Å²) in [7, 11) is 0. The molecule has 1 saturated heterocycles. The van der Waals surface area contributed by atoms with Crippen molar-refractivity contribution in [2.75, 3.05) is 19.6 Å². The lowest BCUT2D eigenvalue weighted by molar-refractivity contribution is -0.131. The van der Waals surface area contributed by atoms with Crippen LogP contribution in [-0.4, -0.2) is 45.7 Å². The second-order valence-electron chi connectivity index (χ2n) is 7.09. The molecule has 0 aliphatic carbocycles. The molecule has 0 atom stereocenters. The van der Waals surface area contributed by atoms with Gasteiger partial charge in [-0.2, -0.15) is 0 Å². The molecule has 0 aromatic carbocycles. The minimum Gasteiger partial charge on any atom is -0.351 e. The van der Waals surface area contributed by atoms with E-state index in [1.807, 2.05) is 41.5 Å². The molecule has 0 unspecified atom stereocenters. The molecule has 3 rings (SSSR count). The van der Waals surface area contributed by atoms with Crippen LogP contribution >= 0.6 is 0 Å². The SMILES string of the molecule is Cc1nc2c(C)cccn2c1C(=O)NCCCC(=O)N1CCCCCC1. The predicted molar refractivity (Wildman–Crippen MR) is 101 cm³/mol. The van der Waals surface area contributed by atoms with E-state index < -0.39 is 0 Å². The lowest BCUT2D eigenvalue weighted by atomic mass is 10.2. The third-order valence-corrected chi connectivity index (χ3v) is 5.05. The topological polar surface area (TPSA) is 66.7 Å². The zero-order valence-corrected chi connectivity index (χ0v) is 15.8. The van der Waals surface area contributed by atoms with Gasteiger partial charge in [-0.3, -0.25) is 14.0 Å². The summed E-state index contributed by atoms with van der Waals surface area (Å²) in [4.78, 5) is 31.3. The molecule has 2 aromatic rings. The van der Waals surface area contributed by atoms with E-state index in [0.29, 0.717) is 25.1 Å². The quantitative estimate of drug-likeness (QED) is 0.838. The van der Waals surface area contributed by atoms with Crippen molar-refractivity contribution in [3.63, 3.8) is 0 Å². The van der Waals surface area contributed by atoms with Gasteiger partial charge in [0.15, 0.2) is 0 Å². The fourth-order valence-corrected chi connectivity index (χ4v) is 3.59. The Bertz CT molecular complexity index is 788. The first kappa shape index (κ1) is 18.4. The summed E-state index contributed by atoms with van der Waals surface area (Å²) in [5.41, 5.74) is 3.14. The highest BCUT2D eigenvalue weighted by Gasteiger charge is 2.18. The number of pyridine rings is 1. The second-order valence-corrected chi connectivity index (χ2v) is 7.09. The van der Waals surface area contributed by atoms with E-state index in [2.05, 4.69) is 10.3 Å². The lowest BCUT2D eigenvalue weighted by Crippen LogP contribution is -2.33. The number of hydrogen-bond donors (Lipinski definition) is 1. The Labute approximate surface area is 154 Å². The Morgan fingerprint density at radius 1 is 1.15 bits per heavy atom. The van der Waals surface area contributed by atoms with Crippen LogP contribution in [0.5, 0.6) is 0 Å². The minimum absolute atomic E-state index is 0.136. The number of nitrogens with one attached hydrogen (secondary N) is 1. The molecule has 6 nitrogen and oxygen atoms in total. The summed E-state index contributed by atoms with van der Waals surface area (Å²) < 4.78 is 1.84.